The zero-order valence-corrected chi connectivity index (χ0v) is 13.1. The first-order valence-corrected chi connectivity index (χ1v) is 7.88. The minimum Gasteiger partial charge on any atom is -0.307 e. The second-order valence-corrected chi connectivity index (χ2v) is 7.58. The number of hydrogen-bond donors (Lipinski definition) is 1. The van der Waals surface area contributed by atoms with Crippen LogP contribution in [0.5, 0.6) is 0 Å². The van der Waals surface area contributed by atoms with E-state index in [-0.39, 0.29) is 0 Å². The lowest BCUT2D eigenvalue weighted by Gasteiger charge is -2.36. The van der Waals surface area contributed by atoms with Crippen LogP contribution < -0.4 is 5.32 Å². The molecule has 2 heterocycles. The van der Waals surface area contributed by atoms with E-state index in [1.807, 2.05) is 11.3 Å². The van der Waals surface area contributed by atoms with Crippen LogP contribution in [0.15, 0.2) is 15.9 Å². The molecule has 3 atom stereocenters. The van der Waals surface area contributed by atoms with Crippen LogP contribution in [-0.4, -0.2) is 30.6 Å². The van der Waals surface area contributed by atoms with Gasteiger partial charge >= 0.3 is 0 Å². The largest absolute Gasteiger partial charge is 0.307 e. The maximum Gasteiger partial charge on any atom is 0.0701 e. The second kappa shape index (κ2) is 5.83. The number of nitrogens with zero attached hydrogens (tertiary/aromatic N) is 1. The van der Waals surface area contributed by atoms with Gasteiger partial charge in [-0.15, -0.1) is 11.3 Å². The van der Waals surface area contributed by atoms with E-state index in [1.54, 1.807) is 0 Å². The predicted molar refractivity (Wildman–Crippen MR) is 78.7 cm³/mol. The third-order valence-electron chi connectivity index (χ3n) is 3.71. The second-order valence-electron chi connectivity index (χ2n) is 5.08. The maximum atomic E-state index is 3.76. The fourth-order valence-corrected chi connectivity index (χ4v) is 3.87. The highest BCUT2D eigenvalue weighted by Gasteiger charge is 2.24. The Morgan fingerprint density at radius 1 is 1.53 bits per heavy atom. The summed E-state index contributed by atoms with van der Waals surface area (Å²) in [7, 11) is 2.22. The van der Waals surface area contributed by atoms with E-state index in [2.05, 4.69) is 59.2 Å². The van der Waals surface area contributed by atoms with Gasteiger partial charge in [0.2, 0.25) is 0 Å². The number of thiophene rings is 1. The van der Waals surface area contributed by atoms with Gasteiger partial charge in [0.15, 0.2) is 0 Å². The van der Waals surface area contributed by atoms with Gasteiger partial charge in [0, 0.05) is 23.0 Å². The fraction of sp³-hybridized carbons (Fsp3) is 0.692. The lowest BCUT2D eigenvalue weighted by molar-refractivity contribution is 0.164. The molecule has 1 aromatic rings. The minimum atomic E-state index is 0.465. The molecule has 1 N–H and O–H groups in total. The van der Waals surface area contributed by atoms with Gasteiger partial charge in [-0.05, 0) is 68.3 Å². The number of likely N-dealkylation sites (tertiary alicyclic amines) is 1. The number of nitrogens with one attached hydrogen (secondary N) is 1. The van der Waals surface area contributed by atoms with E-state index in [0.717, 1.165) is 0 Å². The molecule has 0 saturated carbocycles. The zero-order chi connectivity index (χ0) is 12.4. The van der Waals surface area contributed by atoms with Crippen molar-refractivity contribution in [2.24, 2.45) is 0 Å². The summed E-state index contributed by atoms with van der Waals surface area (Å²) in [6.45, 7) is 5.79. The smallest absolute Gasteiger partial charge is 0.0701 e. The summed E-state index contributed by atoms with van der Waals surface area (Å²) in [5.74, 6) is 0. The molecule has 0 aromatic carbocycles. The molecule has 2 nitrogen and oxygen atoms in total. The lowest BCUT2D eigenvalue weighted by Crippen LogP contribution is -2.46. The Bertz CT molecular complexity index is 366. The van der Waals surface area contributed by atoms with Crippen LogP contribution in [0.25, 0.3) is 0 Å². The Labute approximate surface area is 117 Å². The van der Waals surface area contributed by atoms with Gasteiger partial charge in [0.05, 0.1) is 3.79 Å². The van der Waals surface area contributed by atoms with Crippen LogP contribution in [0.2, 0.25) is 0 Å². The van der Waals surface area contributed by atoms with Crippen molar-refractivity contribution in [3.8, 4) is 0 Å². The summed E-state index contributed by atoms with van der Waals surface area (Å²) in [6.07, 6.45) is 2.52. The van der Waals surface area contributed by atoms with E-state index >= 15 is 0 Å². The number of piperidine rings is 1. The van der Waals surface area contributed by atoms with Gasteiger partial charge in [-0.3, -0.25) is 0 Å². The number of rotatable bonds is 3. The average Bonchev–Trinajstić information content (AvgIpc) is 2.70. The quantitative estimate of drug-likeness (QED) is 0.915. The van der Waals surface area contributed by atoms with Gasteiger partial charge in [0.1, 0.15) is 0 Å². The molecule has 1 aromatic heterocycles. The van der Waals surface area contributed by atoms with E-state index < -0.39 is 0 Å². The van der Waals surface area contributed by atoms with Crippen LogP contribution in [0.1, 0.15) is 37.6 Å². The van der Waals surface area contributed by atoms with Crippen molar-refractivity contribution in [1.29, 1.82) is 0 Å². The molecular weight excluding hydrogens is 296 g/mol. The Kier molecular flexibility index (Phi) is 4.64. The SMILES string of the molecule is CC(NC1CCN(C)C(C)C1)c1ccc(Br)s1. The van der Waals surface area contributed by atoms with Crippen molar-refractivity contribution < 1.29 is 0 Å². The monoisotopic (exact) mass is 316 g/mol. The molecule has 0 spiro atoms. The van der Waals surface area contributed by atoms with Crippen molar-refractivity contribution in [2.75, 3.05) is 13.6 Å². The number of hydrogen-bond acceptors (Lipinski definition) is 3. The molecule has 4 heteroatoms. The lowest BCUT2D eigenvalue weighted by atomic mass is 9.98. The standard InChI is InChI=1S/C13H21BrN2S/c1-9-8-11(6-7-16(9)3)15-10(2)12-4-5-13(14)17-12/h4-5,9-11,15H,6-8H2,1-3H3. The van der Waals surface area contributed by atoms with Crippen molar-refractivity contribution in [3.63, 3.8) is 0 Å². The van der Waals surface area contributed by atoms with E-state index in [4.69, 9.17) is 0 Å². The molecule has 1 aliphatic rings. The van der Waals surface area contributed by atoms with Gasteiger partial charge in [0.25, 0.3) is 0 Å². The van der Waals surface area contributed by atoms with Gasteiger partial charge < -0.3 is 10.2 Å². The fourth-order valence-electron chi connectivity index (χ4n) is 2.44. The Morgan fingerprint density at radius 2 is 2.29 bits per heavy atom. The summed E-state index contributed by atoms with van der Waals surface area (Å²) in [6, 6.07) is 6.17. The molecule has 0 bridgehead atoms. The normalized spacial score (nSPS) is 28.2. The topological polar surface area (TPSA) is 15.3 Å². The first-order chi connectivity index (χ1) is 8.06. The highest BCUT2D eigenvalue weighted by molar-refractivity contribution is 9.11. The summed E-state index contributed by atoms with van der Waals surface area (Å²) in [5, 5.41) is 3.76. The van der Waals surface area contributed by atoms with Crippen molar-refractivity contribution in [2.45, 2.75) is 44.8 Å². The van der Waals surface area contributed by atoms with Crippen molar-refractivity contribution in [3.05, 3.63) is 20.8 Å². The highest BCUT2D eigenvalue weighted by atomic mass is 79.9. The molecule has 0 aliphatic carbocycles. The Morgan fingerprint density at radius 3 is 2.88 bits per heavy atom. The first kappa shape index (κ1) is 13.5. The molecule has 0 amide bonds. The average molecular weight is 317 g/mol. The molecule has 1 aliphatic heterocycles. The Balaban J connectivity index is 1.89. The van der Waals surface area contributed by atoms with Crippen LogP contribution in [0.4, 0.5) is 0 Å². The molecule has 3 unspecified atom stereocenters. The molecule has 96 valence electrons. The maximum absolute atomic E-state index is 3.76. The minimum absolute atomic E-state index is 0.465. The van der Waals surface area contributed by atoms with Crippen LogP contribution >= 0.6 is 27.3 Å². The van der Waals surface area contributed by atoms with Crippen LogP contribution in [0, 0.1) is 0 Å². The van der Waals surface area contributed by atoms with E-state index in [1.165, 1.54) is 28.0 Å². The van der Waals surface area contributed by atoms with E-state index in [9.17, 15) is 0 Å². The third-order valence-corrected chi connectivity index (χ3v) is 5.52. The summed E-state index contributed by atoms with van der Waals surface area (Å²) in [4.78, 5) is 3.87. The van der Waals surface area contributed by atoms with Crippen molar-refractivity contribution >= 4 is 27.3 Å². The first-order valence-electron chi connectivity index (χ1n) is 6.28. The van der Waals surface area contributed by atoms with Crippen LogP contribution in [0.3, 0.4) is 0 Å². The zero-order valence-electron chi connectivity index (χ0n) is 10.7. The van der Waals surface area contributed by atoms with Crippen molar-refractivity contribution in [1.82, 2.24) is 10.2 Å². The summed E-state index contributed by atoms with van der Waals surface area (Å²) < 4.78 is 1.22. The van der Waals surface area contributed by atoms with Gasteiger partial charge in [-0.2, -0.15) is 0 Å². The Hall–Kier alpha value is 0.1000. The predicted octanol–water partition coefficient (Wildman–Crippen LogP) is 3.64. The molecule has 1 fully saturated rings. The molecule has 0 radical (unpaired) electrons. The van der Waals surface area contributed by atoms with E-state index in [0.29, 0.717) is 18.1 Å². The van der Waals surface area contributed by atoms with Gasteiger partial charge in [-0.25, -0.2) is 0 Å². The summed E-state index contributed by atoms with van der Waals surface area (Å²) in [5.41, 5.74) is 0. The molecule has 2 rings (SSSR count). The molecule has 1 saturated heterocycles. The summed E-state index contributed by atoms with van der Waals surface area (Å²) >= 11 is 5.36. The number of halogens is 1. The van der Waals surface area contributed by atoms with Gasteiger partial charge in [-0.1, -0.05) is 0 Å². The molecular formula is C13H21BrN2S. The molecule has 17 heavy (non-hydrogen) atoms. The highest BCUT2D eigenvalue weighted by Crippen LogP contribution is 2.28. The third kappa shape index (κ3) is 3.53. The van der Waals surface area contributed by atoms with Crippen LogP contribution in [-0.2, 0) is 0 Å².